The van der Waals surface area contributed by atoms with Gasteiger partial charge in [-0.15, -0.1) is 0 Å². The normalized spacial score (nSPS) is 22.1. The first-order chi connectivity index (χ1) is 15.9. The number of rotatable bonds is 4. The third-order valence-corrected chi connectivity index (χ3v) is 6.86. The smallest absolute Gasteiger partial charge is 0.266 e. The lowest BCUT2D eigenvalue weighted by atomic mass is 9.90. The summed E-state index contributed by atoms with van der Waals surface area (Å²) in [5.41, 5.74) is 4.18. The summed E-state index contributed by atoms with van der Waals surface area (Å²) >= 11 is 3.55. The second-order valence-corrected chi connectivity index (χ2v) is 9.21. The summed E-state index contributed by atoms with van der Waals surface area (Å²) < 4.78 is 6.14. The van der Waals surface area contributed by atoms with E-state index in [0.29, 0.717) is 11.4 Å². The largest absolute Gasteiger partial charge is 0.496 e. The van der Waals surface area contributed by atoms with Crippen LogP contribution in [0.4, 0.5) is 11.4 Å². The van der Waals surface area contributed by atoms with Crippen LogP contribution in [-0.2, 0) is 14.4 Å². The number of hydrogen-bond acceptors (Lipinski definition) is 5. The zero-order valence-electron chi connectivity index (χ0n) is 18.5. The highest BCUT2D eigenvalue weighted by molar-refractivity contribution is 9.10. The number of halogens is 1. The number of methoxy groups -OCH3 is 1. The molecule has 2 amide bonds. The minimum atomic E-state index is -0.899. The second-order valence-electron chi connectivity index (χ2n) is 8.35. The zero-order chi connectivity index (χ0) is 23.3. The number of hydrogen-bond donors (Lipinski definition) is 0. The van der Waals surface area contributed by atoms with Gasteiger partial charge < -0.3 is 4.74 Å². The number of amides is 2. The Kier molecular flexibility index (Phi) is 5.46. The van der Waals surface area contributed by atoms with Crippen molar-refractivity contribution < 1.29 is 19.2 Å². The van der Waals surface area contributed by atoms with Crippen LogP contribution in [0.25, 0.3) is 0 Å². The number of nitrogens with zero attached hydrogens (tertiary/aromatic N) is 2. The fourth-order valence-electron chi connectivity index (χ4n) is 4.71. The summed E-state index contributed by atoms with van der Waals surface area (Å²) in [4.78, 5) is 34.7. The predicted molar refractivity (Wildman–Crippen MR) is 129 cm³/mol. The number of benzene rings is 3. The highest BCUT2D eigenvalue weighted by Gasteiger charge is 2.60. The number of fused-ring (bicyclic) bond motifs is 1. The van der Waals surface area contributed by atoms with Crippen LogP contribution in [0.15, 0.2) is 71.2 Å². The number of ether oxygens (including phenoxy) is 1. The Morgan fingerprint density at radius 2 is 1.70 bits per heavy atom. The van der Waals surface area contributed by atoms with Crippen LogP contribution in [0, 0.1) is 19.8 Å². The molecular formula is C26H23BrN2O4. The summed E-state index contributed by atoms with van der Waals surface area (Å²) in [7, 11) is 1.60. The Hall–Kier alpha value is -3.16. The van der Waals surface area contributed by atoms with E-state index in [1.54, 1.807) is 12.2 Å². The van der Waals surface area contributed by atoms with E-state index in [4.69, 9.17) is 9.57 Å². The highest BCUT2D eigenvalue weighted by Crippen LogP contribution is 2.48. The molecule has 0 spiro atoms. The van der Waals surface area contributed by atoms with Crippen molar-refractivity contribution >= 4 is 39.1 Å². The standard InChI is InChI=1S/C26H23BrN2O4/c1-15-9-11-20(16(2)13-15)28-25(30)22-23(17-10-12-21(32-3)19(27)14-17)29(33-24(22)26(28)31)18-7-5-4-6-8-18/h4-14,22-24H,1-3H3/t22-,23+,24+/m1/s1. The number of imide groups is 1. The molecule has 0 radical (unpaired) electrons. The van der Waals surface area contributed by atoms with Gasteiger partial charge in [-0.1, -0.05) is 42.0 Å². The molecule has 2 aliphatic heterocycles. The molecule has 7 heteroatoms. The van der Waals surface area contributed by atoms with Crippen molar-refractivity contribution in [1.29, 1.82) is 0 Å². The Balaban J connectivity index is 1.60. The number of para-hydroxylation sites is 1. The van der Waals surface area contributed by atoms with Crippen LogP contribution in [0.5, 0.6) is 5.75 Å². The summed E-state index contributed by atoms with van der Waals surface area (Å²) in [6.45, 7) is 3.89. The lowest BCUT2D eigenvalue weighted by Crippen LogP contribution is -2.37. The molecule has 2 saturated heterocycles. The van der Waals surface area contributed by atoms with Crippen LogP contribution in [0.2, 0.25) is 0 Å². The van der Waals surface area contributed by atoms with Gasteiger partial charge in [0.25, 0.3) is 5.91 Å². The van der Waals surface area contributed by atoms with Crippen LogP contribution in [0.3, 0.4) is 0 Å². The van der Waals surface area contributed by atoms with Crippen LogP contribution >= 0.6 is 15.9 Å². The van der Waals surface area contributed by atoms with Crippen molar-refractivity contribution in [2.45, 2.75) is 26.0 Å². The van der Waals surface area contributed by atoms with E-state index in [2.05, 4.69) is 15.9 Å². The molecule has 5 rings (SSSR count). The maximum absolute atomic E-state index is 13.8. The molecule has 0 N–H and O–H groups in total. The third-order valence-electron chi connectivity index (χ3n) is 6.24. The van der Waals surface area contributed by atoms with Crippen LogP contribution in [-0.4, -0.2) is 25.0 Å². The Morgan fingerprint density at radius 1 is 0.939 bits per heavy atom. The van der Waals surface area contributed by atoms with Crippen LogP contribution in [0.1, 0.15) is 22.7 Å². The molecule has 6 nitrogen and oxygen atoms in total. The minimum absolute atomic E-state index is 0.257. The maximum Gasteiger partial charge on any atom is 0.266 e. The lowest BCUT2D eigenvalue weighted by Gasteiger charge is -2.29. The van der Waals surface area contributed by atoms with Gasteiger partial charge in [-0.3, -0.25) is 14.4 Å². The van der Waals surface area contributed by atoms with E-state index in [1.807, 2.05) is 80.6 Å². The average molecular weight is 507 g/mol. The molecule has 3 atom stereocenters. The molecule has 3 aromatic carbocycles. The molecule has 2 fully saturated rings. The van der Waals surface area contributed by atoms with Gasteiger partial charge in [-0.25, -0.2) is 9.96 Å². The van der Waals surface area contributed by atoms with Crippen molar-refractivity contribution in [3.8, 4) is 5.75 Å². The van der Waals surface area contributed by atoms with Crippen molar-refractivity contribution in [2.24, 2.45) is 5.92 Å². The molecule has 3 aromatic rings. The molecule has 2 heterocycles. The second kappa shape index (κ2) is 8.32. The molecule has 0 aliphatic carbocycles. The van der Waals surface area contributed by atoms with E-state index in [1.165, 1.54) is 4.90 Å². The van der Waals surface area contributed by atoms with E-state index < -0.39 is 18.1 Å². The Labute approximate surface area is 200 Å². The number of hydroxylamine groups is 1. The number of anilines is 2. The number of carbonyl (C=O) groups excluding carboxylic acids is 2. The van der Waals surface area contributed by atoms with Crippen molar-refractivity contribution in [3.63, 3.8) is 0 Å². The van der Waals surface area contributed by atoms with Crippen molar-refractivity contribution in [1.82, 2.24) is 0 Å². The average Bonchev–Trinajstić information content (AvgIpc) is 3.31. The molecule has 2 aliphatic rings. The van der Waals surface area contributed by atoms with Gasteiger partial charge in [-0.05, 0) is 71.2 Å². The monoisotopic (exact) mass is 506 g/mol. The number of aryl methyl sites for hydroxylation is 2. The fraction of sp³-hybridized carbons (Fsp3) is 0.231. The van der Waals surface area contributed by atoms with Gasteiger partial charge in [0.15, 0.2) is 6.10 Å². The van der Waals surface area contributed by atoms with Crippen molar-refractivity contribution in [3.05, 3.63) is 87.9 Å². The predicted octanol–water partition coefficient (Wildman–Crippen LogP) is 5.13. The summed E-state index contributed by atoms with van der Waals surface area (Å²) in [5, 5.41) is 1.69. The van der Waals surface area contributed by atoms with Gasteiger partial charge in [0, 0.05) is 0 Å². The maximum atomic E-state index is 13.8. The van der Waals surface area contributed by atoms with Gasteiger partial charge in [0.1, 0.15) is 11.7 Å². The SMILES string of the molecule is COc1ccc([C@H]2[C@H]3C(=O)N(c4ccc(C)cc4C)C(=O)[C@H]3ON2c2ccccc2)cc1Br. The van der Waals surface area contributed by atoms with E-state index in [0.717, 1.165) is 26.9 Å². The van der Waals surface area contributed by atoms with Gasteiger partial charge in [-0.2, -0.15) is 0 Å². The van der Waals surface area contributed by atoms with Crippen molar-refractivity contribution in [2.75, 3.05) is 17.1 Å². The summed E-state index contributed by atoms with van der Waals surface area (Å²) in [6.07, 6.45) is -0.899. The van der Waals surface area contributed by atoms with E-state index >= 15 is 0 Å². The van der Waals surface area contributed by atoms with Gasteiger partial charge in [0.2, 0.25) is 5.91 Å². The first-order valence-corrected chi connectivity index (χ1v) is 11.5. The van der Waals surface area contributed by atoms with E-state index in [9.17, 15) is 9.59 Å². The Bertz CT molecular complexity index is 1250. The molecule has 0 unspecified atom stereocenters. The quantitative estimate of drug-likeness (QED) is 0.459. The highest BCUT2D eigenvalue weighted by atomic mass is 79.9. The lowest BCUT2D eigenvalue weighted by molar-refractivity contribution is -0.126. The Morgan fingerprint density at radius 3 is 2.36 bits per heavy atom. The van der Waals surface area contributed by atoms with Gasteiger partial charge in [0.05, 0.1) is 29.0 Å². The number of carbonyl (C=O) groups is 2. The molecule has 168 valence electrons. The molecule has 0 bridgehead atoms. The first-order valence-electron chi connectivity index (χ1n) is 10.7. The van der Waals surface area contributed by atoms with E-state index in [-0.39, 0.29) is 11.8 Å². The summed E-state index contributed by atoms with van der Waals surface area (Å²) in [5.74, 6) is -0.592. The van der Waals surface area contributed by atoms with Gasteiger partial charge >= 0.3 is 0 Å². The topological polar surface area (TPSA) is 59.1 Å². The minimum Gasteiger partial charge on any atom is -0.496 e. The molecular weight excluding hydrogens is 484 g/mol. The van der Waals surface area contributed by atoms with Crippen LogP contribution < -0.4 is 14.7 Å². The first kappa shape index (κ1) is 21.7. The zero-order valence-corrected chi connectivity index (χ0v) is 20.1. The molecule has 0 saturated carbocycles. The third kappa shape index (κ3) is 3.52. The summed E-state index contributed by atoms with van der Waals surface area (Å²) in [6, 6.07) is 20.4. The molecule has 0 aromatic heterocycles. The fourth-order valence-corrected chi connectivity index (χ4v) is 5.27. The molecule has 33 heavy (non-hydrogen) atoms.